The number of rotatable bonds is 3. The van der Waals surface area contributed by atoms with Crippen molar-refractivity contribution < 1.29 is 22.8 Å². The summed E-state index contributed by atoms with van der Waals surface area (Å²) >= 11 is 5.43. The molecule has 1 atom stereocenters. The molecule has 0 aliphatic rings. The number of alkyl halides is 4. The van der Waals surface area contributed by atoms with Gasteiger partial charge in [-0.05, 0) is 18.6 Å². The van der Waals surface area contributed by atoms with Gasteiger partial charge in [0.15, 0.2) is 0 Å². The minimum atomic E-state index is -4.50. The molecule has 1 unspecified atom stereocenters. The third kappa shape index (κ3) is 4.73. The molecular formula is C12H12ClF3N2O2. The number of nitrogens with one attached hydrogen (secondary N) is 2. The Bertz CT molecular complexity index is 504. The fourth-order valence-electron chi connectivity index (χ4n) is 1.38. The predicted molar refractivity (Wildman–Crippen MR) is 67.1 cm³/mol. The highest BCUT2D eigenvalue weighted by atomic mass is 35.5. The Kier molecular flexibility index (Phi) is 5.38. The molecule has 0 radical (unpaired) electrons. The van der Waals surface area contributed by atoms with E-state index in [9.17, 15) is 22.8 Å². The Hall–Kier alpha value is -1.76. The van der Waals surface area contributed by atoms with Crippen LogP contribution in [-0.2, 0) is 17.5 Å². The van der Waals surface area contributed by atoms with Crippen LogP contribution in [0.25, 0.3) is 0 Å². The van der Waals surface area contributed by atoms with Crippen molar-refractivity contribution in [2.45, 2.75) is 25.0 Å². The lowest BCUT2D eigenvalue weighted by molar-refractivity contribution is -0.138. The van der Waals surface area contributed by atoms with Crippen LogP contribution in [0.5, 0.6) is 0 Å². The number of carbonyl (C=O) groups excluding carboxylic acids is 2. The van der Waals surface area contributed by atoms with E-state index >= 15 is 0 Å². The average molecular weight is 309 g/mol. The van der Waals surface area contributed by atoms with Crippen LogP contribution in [0.4, 0.5) is 18.0 Å². The molecule has 1 aromatic rings. The summed E-state index contributed by atoms with van der Waals surface area (Å²) in [5.74, 6) is -0.728. The maximum Gasteiger partial charge on any atom is 0.416 e. The fourth-order valence-corrected chi connectivity index (χ4v) is 1.44. The quantitative estimate of drug-likeness (QED) is 0.843. The van der Waals surface area contributed by atoms with Gasteiger partial charge in [0, 0.05) is 6.54 Å². The summed E-state index contributed by atoms with van der Waals surface area (Å²) < 4.78 is 38.1. The van der Waals surface area contributed by atoms with Gasteiger partial charge in [-0.2, -0.15) is 13.2 Å². The highest BCUT2D eigenvalue weighted by molar-refractivity contribution is 6.31. The summed E-state index contributed by atoms with van der Waals surface area (Å²) in [6, 6.07) is 3.94. The molecule has 0 aliphatic heterocycles. The maximum absolute atomic E-state index is 12.7. The summed E-state index contributed by atoms with van der Waals surface area (Å²) in [7, 11) is 0. The van der Waals surface area contributed by atoms with E-state index in [1.54, 1.807) is 0 Å². The van der Waals surface area contributed by atoms with E-state index in [0.717, 1.165) is 6.07 Å². The first-order valence-corrected chi connectivity index (χ1v) is 6.03. The van der Waals surface area contributed by atoms with E-state index in [4.69, 9.17) is 11.6 Å². The number of amides is 3. The lowest BCUT2D eigenvalue weighted by Gasteiger charge is -2.13. The first-order chi connectivity index (χ1) is 9.21. The molecule has 0 fully saturated rings. The first-order valence-electron chi connectivity index (χ1n) is 5.59. The minimum absolute atomic E-state index is 0.0958. The summed E-state index contributed by atoms with van der Waals surface area (Å²) in [5.41, 5.74) is -0.932. The first kappa shape index (κ1) is 16.3. The van der Waals surface area contributed by atoms with Gasteiger partial charge in [0.25, 0.3) is 0 Å². The lowest BCUT2D eigenvalue weighted by atomic mass is 10.1. The molecule has 1 aromatic carbocycles. The smallest absolute Gasteiger partial charge is 0.334 e. The third-order valence-electron chi connectivity index (χ3n) is 2.36. The van der Waals surface area contributed by atoms with E-state index < -0.39 is 29.1 Å². The molecule has 110 valence electrons. The van der Waals surface area contributed by atoms with Crippen LogP contribution in [0.1, 0.15) is 18.1 Å². The second-order valence-corrected chi connectivity index (χ2v) is 4.60. The Morgan fingerprint density at radius 3 is 2.45 bits per heavy atom. The summed E-state index contributed by atoms with van der Waals surface area (Å²) in [6.07, 6.45) is -4.50. The standard InChI is InChI=1S/C12H12ClF3N2O2/c1-7(13)10(19)18-11(20)17-6-8-4-2-3-5-9(8)12(14,15)16/h2-5,7H,6H2,1H3,(H2,17,18,19,20). The summed E-state index contributed by atoms with van der Waals surface area (Å²) in [6.45, 7) is 1.01. The van der Waals surface area contributed by atoms with Crippen LogP contribution in [0, 0.1) is 0 Å². The van der Waals surface area contributed by atoms with Crippen LogP contribution in [0.2, 0.25) is 0 Å². The molecule has 20 heavy (non-hydrogen) atoms. The van der Waals surface area contributed by atoms with Crippen LogP contribution < -0.4 is 10.6 Å². The van der Waals surface area contributed by atoms with Gasteiger partial charge in [-0.25, -0.2) is 4.79 Å². The molecule has 0 spiro atoms. The number of urea groups is 1. The van der Waals surface area contributed by atoms with Gasteiger partial charge in [-0.3, -0.25) is 10.1 Å². The summed E-state index contributed by atoms with van der Waals surface area (Å²) in [4.78, 5) is 22.4. The SMILES string of the molecule is CC(Cl)C(=O)NC(=O)NCc1ccccc1C(F)(F)F. The zero-order valence-electron chi connectivity index (χ0n) is 10.4. The van der Waals surface area contributed by atoms with Crippen LogP contribution in [0.15, 0.2) is 24.3 Å². The Morgan fingerprint density at radius 2 is 1.90 bits per heavy atom. The van der Waals surface area contributed by atoms with Crippen LogP contribution in [-0.4, -0.2) is 17.3 Å². The van der Waals surface area contributed by atoms with Crippen molar-refractivity contribution in [3.8, 4) is 0 Å². The second kappa shape index (κ2) is 6.60. The molecule has 0 saturated heterocycles. The molecule has 4 nitrogen and oxygen atoms in total. The molecule has 0 heterocycles. The maximum atomic E-state index is 12.7. The number of halogens is 4. The van der Waals surface area contributed by atoms with Crippen molar-refractivity contribution in [2.75, 3.05) is 0 Å². The highest BCUT2D eigenvalue weighted by Gasteiger charge is 2.32. The van der Waals surface area contributed by atoms with Crippen LogP contribution >= 0.6 is 11.6 Å². The van der Waals surface area contributed by atoms with Crippen LogP contribution in [0.3, 0.4) is 0 Å². The molecule has 8 heteroatoms. The molecule has 0 saturated carbocycles. The van der Waals surface area contributed by atoms with Gasteiger partial charge < -0.3 is 5.32 Å². The number of hydrogen-bond donors (Lipinski definition) is 2. The van der Waals surface area contributed by atoms with Gasteiger partial charge in [0.2, 0.25) is 5.91 Å². The summed E-state index contributed by atoms with van der Waals surface area (Å²) in [5, 5.41) is 3.16. The number of hydrogen-bond acceptors (Lipinski definition) is 2. The average Bonchev–Trinajstić information content (AvgIpc) is 2.35. The van der Waals surface area contributed by atoms with Crippen molar-refractivity contribution in [1.29, 1.82) is 0 Å². The van der Waals surface area contributed by atoms with E-state index in [1.165, 1.54) is 25.1 Å². The zero-order valence-corrected chi connectivity index (χ0v) is 11.2. The van der Waals surface area contributed by atoms with Crippen molar-refractivity contribution in [3.05, 3.63) is 35.4 Å². The van der Waals surface area contributed by atoms with E-state index in [2.05, 4.69) is 5.32 Å². The van der Waals surface area contributed by atoms with Gasteiger partial charge in [0.05, 0.1) is 5.56 Å². The lowest BCUT2D eigenvalue weighted by Crippen LogP contribution is -2.42. The van der Waals surface area contributed by atoms with Crippen molar-refractivity contribution in [2.24, 2.45) is 0 Å². The Balaban J connectivity index is 2.67. The second-order valence-electron chi connectivity index (χ2n) is 3.94. The number of benzene rings is 1. The molecule has 0 bridgehead atoms. The third-order valence-corrected chi connectivity index (χ3v) is 2.56. The molecule has 2 N–H and O–H groups in total. The van der Waals surface area contributed by atoms with Crippen molar-refractivity contribution >= 4 is 23.5 Å². The van der Waals surface area contributed by atoms with Gasteiger partial charge in [-0.1, -0.05) is 18.2 Å². The van der Waals surface area contributed by atoms with E-state index in [-0.39, 0.29) is 12.1 Å². The molecule has 1 rings (SSSR count). The minimum Gasteiger partial charge on any atom is -0.334 e. The van der Waals surface area contributed by atoms with E-state index in [1.807, 2.05) is 5.32 Å². The van der Waals surface area contributed by atoms with E-state index in [0.29, 0.717) is 0 Å². The van der Waals surface area contributed by atoms with Gasteiger partial charge in [0.1, 0.15) is 5.38 Å². The van der Waals surface area contributed by atoms with Crippen molar-refractivity contribution in [1.82, 2.24) is 10.6 Å². The van der Waals surface area contributed by atoms with Crippen molar-refractivity contribution in [3.63, 3.8) is 0 Å². The zero-order chi connectivity index (χ0) is 15.3. The molecule has 3 amide bonds. The highest BCUT2D eigenvalue weighted by Crippen LogP contribution is 2.31. The normalized spacial score (nSPS) is 12.7. The topological polar surface area (TPSA) is 58.2 Å². The molecule has 0 aromatic heterocycles. The largest absolute Gasteiger partial charge is 0.416 e. The number of imide groups is 1. The molecular weight excluding hydrogens is 297 g/mol. The Labute approximate surface area is 118 Å². The monoisotopic (exact) mass is 308 g/mol. The fraction of sp³-hybridized carbons (Fsp3) is 0.333. The van der Waals surface area contributed by atoms with Gasteiger partial charge >= 0.3 is 12.2 Å². The van der Waals surface area contributed by atoms with Gasteiger partial charge in [-0.15, -0.1) is 11.6 Å². The predicted octanol–water partition coefficient (Wildman–Crippen LogP) is 2.66. The Morgan fingerprint density at radius 1 is 1.30 bits per heavy atom. The number of carbonyl (C=O) groups is 2. The molecule has 0 aliphatic carbocycles.